The Morgan fingerprint density at radius 1 is 1.14 bits per heavy atom. The zero-order chi connectivity index (χ0) is 20.0. The van der Waals surface area contributed by atoms with Gasteiger partial charge in [0.05, 0.1) is 22.2 Å². The van der Waals surface area contributed by atoms with E-state index in [2.05, 4.69) is 20.6 Å². The van der Waals surface area contributed by atoms with Gasteiger partial charge in [-0.1, -0.05) is 29.5 Å². The van der Waals surface area contributed by atoms with Gasteiger partial charge in [-0.25, -0.2) is 18.8 Å². The van der Waals surface area contributed by atoms with Crippen LogP contribution in [-0.2, 0) is 4.79 Å². The normalized spacial score (nSPS) is 21.2. The summed E-state index contributed by atoms with van der Waals surface area (Å²) in [5, 5.41) is 6.96. The number of fused-ring (bicyclic) bond motifs is 2. The highest BCUT2D eigenvalue weighted by Crippen LogP contribution is 2.38. The number of aliphatic imine (C=N–C) groups is 1. The third-order valence-corrected chi connectivity index (χ3v) is 5.98. The van der Waals surface area contributed by atoms with Gasteiger partial charge in [0.2, 0.25) is 5.96 Å². The van der Waals surface area contributed by atoms with Crippen LogP contribution in [0.25, 0.3) is 10.2 Å². The number of nitrogens with zero attached hydrogens (tertiary/aromatic N) is 2. The molecule has 5 nitrogen and oxygen atoms in total. The number of aromatic nitrogens is 1. The smallest absolute Gasteiger partial charge is 0.202 e. The molecule has 5 rings (SSSR count). The summed E-state index contributed by atoms with van der Waals surface area (Å²) in [4.78, 5) is 21.7. The number of allylic oxidation sites excluding steroid dienone is 1. The molecule has 2 aliphatic rings. The molecule has 0 saturated heterocycles. The first-order valence-electron chi connectivity index (χ1n) is 9.23. The highest BCUT2D eigenvalue weighted by Gasteiger charge is 2.38. The van der Waals surface area contributed by atoms with Crippen molar-refractivity contribution in [1.29, 1.82) is 0 Å². The number of hydrogen-bond acceptors (Lipinski definition) is 6. The minimum atomic E-state index is -0.711. The minimum absolute atomic E-state index is 0.00690. The Balaban J connectivity index is 1.55. The van der Waals surface area contributed by atoms with Gasteiger partial charge in [0.25, 0.3) is 0 Å². The molecule has 1 aliphatic heterocycles. The number of nitrogens with one attached hydrogen (secondary N) is 2. The number of thiazole rings is 1. The first-order valence-corrected chi connectivity index (χ1v) is 10.0. The minimum Gasteiger partial charge on any atom is -0.329 e. The first kappa shape index (κ1) is 17.9. The van der Waals surface area contributed by atoms with E-state index in [9.17, 15) is 13.6 Å². The van der Waals surface area contributed by atoms with Gasteiger partial charge in [0, 0.05) is 18.2 Å². The van der Waals surface area contributed by atoms with Crippen molar-refractivity contribution in [3.63, 3.8) is 0 Å². The van der Waals surface area contributed by atoms with E-state index in [-0.39, 0.29) is 5.78 Å². The van der Waals surface area contributed by atoms with Crippen LogP contribution in [0.4, 0.5) is 13.9 Å². The van der Waals surface area contributed by atoms with Crippen LogP contribution >= 0.6 is 11.3 Å². The van der Waals surface area contributed by atoms with E-state index in [0.717, 1.165) is 16.3 Å². The standard InChI is InChI=1S/C21H16F2N4OS/c22-12-8-11(9-13(23)10-12)19-18-15(5-3-6-16(18)28)24-20(26-19)27-21-25-14-4-1-2-7-17(14)29-21/h1-2,4-5,7-10,18-19H,3,6H2,(H2,24,25,26,27)/t18-,19-/m1/s1. The number of ketones is 1. The lowest BCUT2D eigenvalue weighted by Gasteiger charge is -2.34. The second-order valence-electron chi connectivity index (χ2n) is 7.00. The monoisotopic (exact) mass is 410 g/mol. The Labute approximate surface area is 169 Å². The Bertz CT molecular complexity index is 1130. The van der Waals surface area contributed by atoms with Crippen molar-refractivity contribution in [1.82, 2.24) is 10.3 Å². The van der Waals surface area contributed by atoms with Crippen LogP contribution < -0.4 is 10.6 Å². The Morgan fingerprint density at radius 3 is 2.72 bits per heavy atom. The van der Waals surface area contributed by atoms with Crippen LogP contribution in [0.3, 0.4) is 0 Å². The maximum absolute atomic E-state index is 13.8. The molecule has 0 amide bonds. The molecule has 146 valence electrons. The maximum atomic E-state index is 13.8. The Morgan fingerprint density at radius 2 is 1.93 bits per heavy atom. The molecule has 0 radical (unpaired) electrons. The average molecular weight is 410 g/mol. The van der Waals surface area contributed by atoms with Gasteiger partial charge in [0.15, 0.2) is 5.13 Å². The molecule has 1 aliphatic carbocycles. The second kappa shape index (κ2) is 7.04. The molecule has 2 N–H and O–H groups in total. The van der Waals surface area contributed by atoms with E-state index in [1.54, 1.807) is 0 Å². The fourth-order valence-corrected chi connectivity index (χ4v) is 4.65. The predicted molar refractivity (Wildman–Crippen MR) is 109 cm³/mol. The number of guanidine groups is 1. The number of Topliss-reactive ketones (excluding diaryl/α,β-unsaturated/α-hetero) is 1. The van der Waals surface area contributed by atoms with Gasteiger partial charge in [-0.15, -0.1) is 0 Å². The molecule has 0 fully saturated rings. The number of anilines is 1. The van der Waals surface area contributed by atoms with Crippen molar-refractivity contribution in [2.45, 2.75) is 18.9 Å². The largest absolute Gasteiger partial charge is 0.329 e. The quantitative estimate of drug-likeness (QED) is 0.651. The summed E-state index contributed by atoms with van der Waals surface area (Å²) in [5.41, 5.74) is 1.90. The van der Waals surface area contributed by atoms with E-state index in [1.165, 1.54) is 23.5 Å². The Hall–Kier alpha value is -3.13. The molecule has 29 heavy (non-hydrogen) atoms. The highest BCUT2D eigenvalue weighted by molar-refractivity contribution is 7.22. The summed E-state index contributed by atoms with van der Waals surface area (Å²) < 4.78 is 28.7. The molecule has 0 saturated carbocycles. The van der Waals surface area contributed by atoms with Gasteiger partial charge in [-0.3, -0.25) is 4.79 Å². The fraction of sp³-hybridized carbons (Fsp3) is 0.190. The Kier molecular flexibility index (Phi) is 4.35. The summed E-state index contributed by atoms with van der Waals surface area (Å²) in [6, 6.07) is 10.3. The molecule has 0 spiro atoms. The van der Waals surface area contributed by atoms with Gasteiger partial charge < -0.3 is 10.6 Å². The molecular formula is C21H16F2N4OS. The first-order chi connectivity index (χ1) is 14.1. The zero-order valence-electron chi connectivity index (χ0n) is 15.2. The van der Waals surface area contributed by atoms with Crippen LogP contribution in [-0.4, -0.2) is 16.7 Å². The number of para-hydroxylation sites is 1. The number of hydrogen-bond donors (Lipinski definition) is 2. The number of carbonyl (C=O) groups is 1. The van der Waals surface area contributed by atoms with E-state index in [4.69, 9.17) is 0 Å². The SMILES string of the molecule is O=C1CCC=C2NC(Nc3nc4ccccc4s3)=N[C@H](c3cc(F)cc(F)c3)[C@@H]12. The molecule has 2 aromatic carbocycles. The second-order valence-corrected chi connectivity index (χ2v) is 8.03. The van der Waals surface area contributed by atoms with Crippen molar-refractivity contribution in [2.75, 3.05) is 5.32 Å². The van der Waals surface area contributed by atoms with E-state index in [0.29, 0.717) is 35.2 Å². The van der Waals surface area contributed by atoms with Gasteiger partial charge in [0.1, 0.15) is 17.4 Å². The van der Waals surface area contributed by atoms with Crippen molar-refractivity contribution in [3.05, 3.63) is 71.4 Å². The number of benzene rings is 2. The predicted octanol–water partition coefficient (Wildman–Crippen LogP) is 4.55. The van der Waals surface area contributed by atoms with Crippen molar-refractivity contribution in [2.24, 2.45) is 10.9 Å². The van der Waals surface area contributed by atoms with Gasteiger partial charge in [-0.2, -0.15) is 0 Å². The maximum Gasteiger partial charge on any atom is 0.202 e. The van der Waals surface area contributed by atoms with E-state index in [1.807, 2.05) is 30.3 Å². The topological polar surface area (TPSA) is 66.4 Å². The average Bonchev–Trinajstić information content (AvgIpc) is 3.09. The lowest BCUT2D eigenvalue weighted by atomic mass is 9.81. The summed E-state index contributed by atoms with van der Waals surface area (Å²) >= 11 is 1.47. The molecular weight excluding hydrogens is 394 g/mol. The van der Waals surface area contributed by atoms with Crippen molar-refractivity contribution < 1.29 is 13.6 Å². The fourth-order valence-electron chi connectivity index (χ4n) is 3.79. The van der Waals surface area contributed by atoms with Crippen LogP contribution in [0, 0.1) is 17.6 Å². The molecule has 0 unspecified atom stereocenters. The molecule has 2 heterocycles. The van der Waals surface area contributed by atoms with Crippen LogP contribution in [0.2, 0.25) is 0 Å². The molecule has 1 aromatic heterocycles. The third kappa shape index (κ3) is 3.40. The lowest BCUT2D eigenvalue weighted by molar-refractivity contribution is -0.122. The van der Waals surface area contributed by atoms with Gasteiger partial charge >= 0.3 is 0 Å². The third-order valence-electron chi connectivity index (χ3n) is 5.03. The summed E-state index contributed by atoms with van der Waals surface area (Å²) in [6.45, 7) is 0. The summed E-state index contributed by atoms with van der Waals surface area (Å²) in [5.74, 6) is -1.55. The number of carbonyl (C=O) groups excluding carboxylic acids is 1. The van der Waals surface area contributed by atoms with Crippen molar-refractivity contribution in [3.8, 4) is 0 Å². The van der Waals surface area contributed by atoms with Crippen LogP contribution in [0.5, 0.6) is 0 Å². The van der Waals surface area contributed by atoms with Crippen LogP contribution in [0.1, 0.15) is 24.4 Å². The summed E-state index contributed by atoms with van der Waals surface area (Å²) in [6.07, 6.45) is 2.96. The summed E-state index contributed by atoms with van der Waals surface area (Å²) in [7, 11) is 0. The molecule has 8 heteroatoms. The van der Waals surface area contributed by atoms with Crippen molar-refractivity contribution >= 4 is 38.4 Å². The highest BCUT2D eigenvalue weighted by atomic mass is 32.1. The zero-order valence-corrected chi connectivity index (χ0v) is 16.0. The van der Waals surface area contributed by atoms with E-state index < -0.39 is 23.6 Å². The number of rotatable bonds is 2. The molecule has 0 bridgehead atoms. The number of halogens is 2. The van der Waals surface area contributed by atoms with E-state index >= 15 is 0 Å². The lowest BCUT2D eigenvalue weighted by Crippen LogP contribution is -2.43. The molecule has 2 atom stereocenters. The van der Waals surface area contributed by atoms with Gasteiger partial charge in [-0.05, 0) is 36.2 Å². The molecule has 3 aromatic rings. The van der Waals surface area contributed by atoms with Crippen LogP contribution in [0.15, 0.2) is 59.2 Å².